The maximum atomic E-state index is 12.9. The van der Waals surface area contributed by atoms with Crippen molar-refractivity contribution in [3.05, 3.63) is 95.3 Å². The van der Waals surface area contributed by atoms with Crippen LogP contribution in [0.5, 0.6) is 5.75 Å². The lowest BCUT2D eigenvalue weighted by molar-refractivity contribution is 0.415. The molecule has 0 atom stereocenters. The fourth-order valence-corrected chi connectivity index (χ4v) is 4.35. The smallest absolute Gasteiger partial charge is 0.263 e. The number of benzene rings is 3. The van der Waals surface area contributed by atoms with Crippen molar-refractivity contribution in [1.29, 1.82) is 0 Å². The quantitative estimate of drug-likeness (QED) is 0.404. The van der Waals surface area contributed by atoms with Crippen LogP contribution in [0, 0.1) is 0 Å². The largest absolute Gasteiger partial charge is 0.495 e. The van der Waals surface area contributed by atoms with Crippen LogP contribution in [0.4, 0.5) is 5.82 Å². The molecule has 1 heterocycles. The molecule has 0 amide bonds. The summed E-state index contributed by atoms with van der Waals surface area (Å²) in [5, 5.41) is 0.373. The van der Waals surface area contributed by atoms with Crippen LogP contribution in [-0.2, 0) is 16.4 Å². The number of halogens is 1. The van der Waals surface area contributed by atoms with Crippen molar-refractivity contribution < 1.29 is 17.6 Å². The number of rotatable bonds is 7. The maximum absolute atomic E-state index is 12.9. The summed E-state index contributed by atoms with van der Waals surface area (Å²) < 4.78 is 39.5. The Morgan fingerprint density at radius 1 is 1.00 bits per heavy atom. The molecule has 4 rings (SSSR count). The minimum absolute atomic E-state index is 0.0935. The first-order valence-electron chi connectivity index (χ1n) is 9.41. The van der Waals surface area contributed by atoms with Crippen LogP contribution in [0.25, 0.3) is 11.3 Å². The molecule has 0 unspecified atom stereocenters. The number of aromatic nitrogens is 1. The van der Waals surface area contributed by atoms with Crippen molar-refractivity contribution in [1.82, 2.24) is 4.98 Å². The Kier molecular flexibility index (Phi) is 5.97. The second kappa shape index (κ2) is 8.83. The van der Waals surface area contributed by atoms with E-state index in [4.69, 9.17) is 20.8 Å². The van der Waals surface area contributed by atoms with Gasteiger partial charge in [0.05, 0.1) is 17.0 Å². The zero-order chi connectivity index (χ0) is 21.8. The van der Waals surface area contributed by atoms with Gasteiger partial charge in [-0.25, -0.2) is 8.42 Å². The highest BCUT2D eigenvalue weighted by molar-refractivity contribution is 7.92. The van der Waals surface area contributed by atoms with Gasteiger partial charge in [0.1, 0.15) is 5.75 Å². The summed E-state index contributed by atoms with van der Waals surface area (Å²) in [5.74, 6) is 1.24. The monoisotopic (exact) mass is 454 g/mol. The molecule has 0 spiro atoms. The number of anilines is 1. The number of methoxy groups -OCH3 is 1. The van der Waals surface area contributed by atoms with Crippen molar-refractivity contribution in [3.8, 4) is 17.1 Å². The Balaban J connectivity index is 1.76. The fourth-order valence-electron chi connectivity index (χ4n) is 3.07. The van der Waals surface area contributed by atoms with Crippen LogP contribution < -0.4 is 9.46 Å². The molecular weight excluding hydrogens is 436 g/mol. The highest BCUT2D eigenvalue weighted by atomic mass is 35.5. The minimum Gasteiger partial charge on any atom is -0.495 e. The molecule has 0 aliphatic rings. The first kappa shape index (κ1) is 21.0. The zero-order valence-electron chi connectivity index (χ0n) is 16.6. The van der Waals surface area contributed by atoms with E-state index in [9.17, 15) is 8.42 Å². The lowest BCUT2D eigenvalue weighted by atomic mass is 10.1. The molecule has 1 N–H and O–H groups in total. The Morgan fingerprint density at radius 3 is 2.32 bits per heavy atom. The predicted octanol–water partition coefficient (Wildman–Crippen LogP) is 5.40. The Bertz CT molecular complexity index is 1290. The van der Waals surface area contributed by atoms with Gasteiger partial charge in [-0.1, -0.05) is 60.1 Å². The average Bonchev–Trinajstić information content (AvgIpc) is 3.16. The van der Waals surface area contributed by atoms with E-state index in [1.165, 1.54) is 19.2 Å². The number of oxazole rings is 1. The van der Waals surface area contributed by atoms with Gasteiger partial charge in [0.25, 0.3) is 10.0 Å². The van der Waals surface area contributed by atoms with Gasteiger partial charge in [0, 0.05) is 12.0 Å². The first-order chi connectivity index (χ1) is 15.0. The summed E-state index contributed by atoms with van der Waals surface area (Å²) in [6, 6.07) is 22.8. The van der Waals surface area contributed by atoms with Gasteiger partial charge >= 0.3 is 0 Å². The van der Waals surface area contributed by atoms with E-state index in [1.54, 1.807) is 36.4 Å². The van der Waals surface area contributed by atoms with E-state index >= 15 is 0 Å². The van der Waals surface area contributed by atoms with E-state index in [1.807, 2.05) is 30.3 Å². The summed E-state index contributed by atoms with van der Waals surface area (Å²) >= 11 is 6.27. The Morgan fingerprint density at radius 2 is 1.68 bits per heavy atom. The molecule has 0 saturated heterocycles. The SMILES string of the molecule is COc1ccc(-c2oc(Cc3ccccc3)nc2NS(=O)(=O)c2ccccc2)cc1Cl. The van der Waals surface area contributed by atoms with Crippen LogP contribution >= 0.6 is 11.6 Å². The number of nitrogens with one attached hydrogen (secondary N) is 1. The van der Waals surface area contributed by atoms with E-state index in [0.717, 1.165) is 5.56 Å². The molecule has 8 heteroatoms. The standard InChI is InChI=1S/C23H19ClN2O4S/c1-29-20-13-12-17(15-19(20)24)22-23(26-31(27,28)18-10-6-3-7-11-18)25-21(30-22)14-16-8-4-2-5-9-16/h2-13,15,26H,14H2,1H3. The molecule has 158 valence electrons. The van der Waals surface area contributed by atoms with Gasteiger partial charge in [0.2, 0.25) is 5.89 Å². The lowest BCUT2D eigenvalue weighted by Crippen LogP contribution is -2.13. The van der Waals surface area contributed by atoms with E-state index < -0.39 is 10.0 Å². The van der Waals surface area contributed by atoms with Crippen molar-refractivity contribution in [2.45, 2.75) is 11.3 Å². The third-order valence-electron chi connectivity index (χ3n) is 4.57. The predicted molar refractivity (Wildman–Crippen MR) is 120 cm³/mol. The van der Waals surface area contributed by atoms with Gasteiger partial charge in [0.15, 0.2) is 11.6 Å². The minimum atomic E-state index is -3.86. The van der Waals surface area contributed by atoms with Crippen LogP contribution in [0.3, 0.4) is 0 Å². The van der Waals surface area contributed by atoms with Gasteiger partial charge in [-0.15, -0.1) is 0 Å². The summed E-state index contributed by atoms with van der Waals surface area (Å²) in [5.41, 5.74) is 1.56. The van der Waals surface area contributed by atoms with Gasteiger partial charge in [-0.05, 0) is 35.9 Å². The Hall–Kier alpha value is -3.29. The molecule has 1 aromatic heterocycles. The molecule has 0 radical (unpaired) electrons. The maximum Gasteiger partial charge on any atom is 0.263 e. The summed E-state index contributed by atoms with van der Waals surface area (Å²) in [6.07, 6.45) is 0.408. The average molecular weight is 455 g/mol. The van der Waals surface area contributed by atoms with Crippen LogP contribution in [-0.4, -0.2) is 20.5 Å². The second-order valence-electron chi connectivity index (χ2n) is 6.72. The fraction of sp³-hybridized carbons (Fsp3) is 0.0870. The molecule has 31 heavy (non-hydrogen) atoms. The van der Waals surface area contributed by atoms with Crippen LogP contribution in [0.1, 0.15) is 11.5 Å². The first-order valence-corrected chi connectivity index (χ1v) is 11.3. The van der Waals surface area contributed by atoms with E-state index in [2.05, 4.69) is 9.71 Å². The molecular formula is C23H19ClN2O4S. The summed E-state index contributed by atoms with van der Waals surface area (Å²) in [6.45, 7) is 0. The third kappa shape index (κ3) is 4.73. The summed E-state index contributed by atoms with van der Waals surface area (Å²) in [7, 11) is -2.34. The van der Waals surface area contributed by atoms with Crippen molar-refractivity contribution in [3.63, 3.8) is 0 Å². The number of nitrogens with zero attached hydrogens (tertiary/aromatic N) is 1. The third-order valence-corrected chi connectivity index (χ3v) is 6.22. The van der Waals surface area contributed by atoms with Gasteiger partial charge < -0.3 is 9.15 Å². The van der Waals surface area contributed by atoms with Gasteiger partial charge in [-0.3, -0.25) is 4.72 Å². The molecule has 0 saturated carbocycles. The molecule has 0 fully saturated rings. The van der Waals surface area contributed by atoms with E-state index in [-0.39, 0.29) is 16.5 Å². The number of sulfonamides is 1. The number of ether oxygens (including phenoxy) is 1. The highest BCUT2D eigenvalue weighted by Crippen LogP contribution is 2.35. The zero-order valence-corrected chi connectivity index (χ0v) is 18.2. The lowest BCUT2D eigenvalue weighted by Gasteiger charge is -2.08. The molecule has 6 nitrogen and oxygen atoms in total. The second-order valence-corrected chi connectivity index (χ2v) is 8.81. The normalized spacial score (nSPS) is 11.3. The van der Waals surface area contributed by atoms with Crippen molar-refractivity contribution in [2.24, 2.45) is 0 Å². The Labute approximate surface area is 185 Å². The topological polar surface area (TPSA) is 81.4 Å². The molecule has 0 aliphatic heterocycles. The molecule has 0 aliphatic carbocycles. The highest BCUT2D eigenvalue weighted by Gasteiger charge is 2.22. The number of hydrogen-bond acceptors (Lipinski definition) is 5. The van der Waals surface area contributed by atoms with Crippen molar-refractivity contribution >= 4 is 27.4 Å². The van der Waals surface area contributed by atoms with Gasteiger partial charge in [-0.2, -0.15) is 4.98 Å². The van der Waals surface area contributed by atoms with Crippen LogP contribution in [0.2, 0.25) is 5.02 Å². The molecule has 3 aromatic carbocycles. The van der Waals surface area contributed by atoms with E-state index in [0.29, 0.717) is 28.6 Å². The number of hydrogen-bond donors (Lipinski definition) is 1. The molecule has 4 aromatic rings. The summed E-state index contributed by atoms with van der Waals surface area (Å²) in [4.78, 5) is 4.56. The van der Waals surface area contributed by atoms with Crippen molar-refractivity contribution in [2.75, 3.05) is 11.8 Å². The molecule has 0 bridgehead atoms. The van der Waals surface area contributed by atoms with Crippen LogP contribution in [0.15, 0.2) is 88.2 Å².